The highest BCUT2D eigenvalue weighted by atomic mass is 35.5. The number of aromatic nitrogens is 2. The number of nitrogens with zero attached hydrogens (tertiary/aromatic N) is 2. The van der Waals surface area contributed by atoms with E-state index in [0.717, 1.165) is 25.8 Å². The molecule has 0 spiro atoms. The molecule has 1 fully saturated rings. The minimum absolute atomic E-state index is 0. The van der Waals surface area contributed by atoms with Gasteiger partial charge in [-0.05, 0) is 31.0 Å². The fraction of sp³-hybridized carbons (Fsp3) is 0.700. The van der Waals surface area contributed by atoms with Crippen molar-refractivity contribution in [1.82, 2.24) is 19.6 Å². The summed E-state index contributed by atoms with van der Waals surface area (Å²) in [5.74, 6) is 0. The molecule has 0 amide bonds. The highest BCUT2D eigenvalue weighted by Gasteiger charge is 2.21. The van der Waals surface area contributed by atoms with Crippen LogP contribution in [-0.4, -0.2) is 37.1 Å². The van der Waals surface area contributed by atoms with Crippen molar-refractivity contribution >= 4 is 34.0 Å². The monoisotopic (exact) mass is 328 g/mol. The van der Waals surface area contributed by atoms with Crippen LogP contribution in [0.25, 0.3) is 0 Å². The van der Waals surface area contributed by atoms with Gasteiger partial charge in [0.05, 0.1) is 0 Å². The molecule has 19 heavy (non-hydrogen) atoms. The molecule has 2 heterocycles. The molecule has 0 bridgehead atoms. The van der Waals surface area contributed by atoms with Gasteiger partial charge in [0.25, 0.3) is 10.0 Å². The molecule has 1 aliphatic heterocycles. The number of hydrogen-bond acceptors (Lipinski definition) is 4. The van der Waals surface area contributed by atoms with Crippen molar-refractivity contribution in [2.45, 2.75) is 30.3 Å². The molecule has 1 atom stereocenters. The lowest BCUT2D eigenvalue weighted by atomic mass is 10.1. The van der Waals surface area contributed by atoms with E-state index < -0.39 is 10.0 Å². The highest BCUT2D eigenvalue weighted by Crippen LogP contribution is 2.12. The number of nitrogens with one attached hydrogen (secondary N) is 2. The van der Waals surface area contributed by atoms with E-state index in [0.29, 0.717) is 6.54 Å². The lowest BCUT2D eigenvalue weighted by Gasteiger charge is -2.23. The van der Waals surface area contributed by atoms with Gasteiger partial charge in [0.2, 0.25) is 5.28 Å². The Balaban J connectivity index is 0.00000180. The maximum absolute atomic E-state index is 12.0. The number of piperidine rings is 1. The predicted octanol–water partition coefficient (Wildman–Crippen LogP) is 0.916. The third-order valence-electron chi connectivity index (χ3n) is 3.01. The summed E-state index contributed by atoms with van der Waals surface area (Å²) in [6, 6.07) is 0.202. The first-order valence-corrected chi connectivity index (χ1v) is 7.77. The first-order valence-electron chi connectivity index (χ1n) is 5.91. The van der Waals surface area contributed by atoms with E-state index in [1.54, 1.807) is 7.05 Å². The maximum Gasteiger partial charge on any atom is 0.259 e. The first kappa shape index (κ1) is 16.7. The van der Waals surface area contributed by atoms with Crippen molar-refractivity contribution in [3.63, 3.8) is 0 Å². The van der Waals surface area contributed by atoms with Gasteiger partial charge in [-0.1, -0.05) is 6.42 Å². The molecular formula is C10H18Cl2N4O2S. The molecule has 1 aromatic heterocycles. The summed E-state index contributed by atoms with van der Waals surface area (Å²) in [4.78, 5) is 3.80. The van der Waals surface area contributed by atoms with E-state index in [1.165, 1.54) is 10.8 Å². The zero-order chi connectivity index (χ0) is 13.2. The first-order chi connectivity index (χ1) is 8.49. The topological polar surface area (TPSA) is 76.0 Å². The van der Waals surface area contributed by atoms with E-state index in [9.17, 15) is 8.42 Å². The molecule has 0 aromatic carbocycles. The van der Waals surface area contributed by atoms with E-state index in [4.69, 9.17) is 11.6 Å². The van der Waals surface area contributed by atoms with Crippen LogP contribution in [0.3, 0.4) is 0 Å². The molecule has 1 aromatic rings. The maximum atomic E-state index is 12.0. The van der Waals surface area contributed by atoms with E-state index in [2.05, 4.69) is 15.0 Å². The normalized spacial score (nSPS) is 20.0. The Bertz CT molecular complexity index is 492. The molecule has 1 saturated heterocycles. The quantitative estimate of drug-likeness (QED) is 0.861. The molecule has 2 N–H and O–H groups in total. The second kappa shape index (κ2) is 6.90. The van der Waals surface area contributed by atoms with E-state index in [-0.39, 0.29) is 28.8 Å². The fourth-order valence-electron chi connectivity index (χ4n) is 1.93. The van der Waals surface area contributed by atoms with Gasteiger partial charge in [0.1, 0.15) is 0 Å². The smallest absolute Gasteiger partial charge is 0.259 e. The molecule has 9 heteroatoms. The van der Waals surface area contributed by atoms with Gasteiger partial charge in [-0.15, -0.1) is 12.4 Å². The van der Waals surface area contributed by atoms with Gasteiger partial charge in [-0.3, -0.25) is 0 Å². The molecule has 1 unspecified atom stereocenters. The zero-order valence-electron chi connectivity index (χ0n) is 10.6. The third-order valence-corrected chi connectivity index (χ3v) is 4.65. The van der Waals surface area contributed by atoms with Gasteiger partial charge >= 0.3 is 0 Å². The largest absolute Gasteiger partial charge is 0.323 e. The van der Waals surface area contributed by atoms with Crippen LogP contribution in [0.1, 0.15) is 19.3 Å². The molecular weight excluding hydrogens is 311 g/mol. The molecule has 0 aliphatic carbocycles. The standard InChI is InChI=1S/C10H17ClN4O2S.ClH/c1-15-7-9(14-10(15)11)18(16,17)13-6-8-4-2-3-5-12-8;/h7-8,12-13H,2-6H2,1H3;1H. The summed E-state index contributed by atoms with van der Waals surface area (Å²) in [6.45, 7) is 1.33. The van der Waals surface area contributed by atoms with Gasteiger partial charge in [-0.2, -0.15) is 0 Å². The van der Waals surface area contributed by atoms with Crippen LogP contribution in [0.4, 0.5) is 0 Å². The molecule has 110 valence electrons. The number of hydrogen-bond donors (Lipinski definition) is 2. The molecule has 1 aliphatic rings. The van der Waals surface area contributed by atoms with Crippen LogP contribution in [0.2, 0.25) is 5.28 Å². The number of sulfonamides is 1. The Kier molecular flexibility index (Phi) is 6.07. The lowest BCUT2D eigenvalue weighted by molar-refractivity contribution is 0.398. The van der Waals surface area contributed by atoms with Crippen molar-refractivity contribution in [3.8, 4) is 0 Å². The van der Waals surface area contributed by atoms with Crippen molar-refractivity contribution in [1.29, 1.82) is 0 Å². The van der Waals surface area contributed by atoms with Crippen LogP contribution in [-0.2, 0) is 17.1 Å². The Morgan fingerprint density at radius 3 is 2.84 bits per heavy atom. The van der Waals surface area contributed by atoms with Crippen molar-refractivity contribution in [2.24, 2.45) is 7.05 Å². The zero-order valence-corrected chi connectivity index (χ0v) is 13.0. The highest BCUT2D eigenvalue weighted by molar-refractivity contribution is 7.89. The second-order valence-corrected chi connectivity index (χ2v) is 6.51. The minimum atomic E-state index is -3.57. The van der Waals surface area contributed by atoms with Gasteiger partial charge in [0.15, 0.2) is 5.03 Å². The number of rotatable bonds is 4. The SMILES string of the molecule is Cl.Cn1cc(S(=O)(=O)NCC2CCCCN2)nc1Cl. The van der Waals surface area contributed by atoms with E-state index in [1.807, 2.05) is 0 Å². The second-order valence-electron chi connectivity index (χ2n) is 4.46. The predicted molar refractivity (Wildman–Crippen MR) is 76.3 cm³/mol. The van der Waals surface area contributed by atoms with E-state index >= 15 is 0 Å². The summed E-state index contributed by atoms with van der Waals surface area (Å²) < 4.78 is 28.0. The third kappa shape index (κ3) is 4.32. The van der Waals surface area contributed by atoms with Crippen LogP contribution < -0.4 is 10.0 Å². The Hall–Kier alpha value is -0.340. The molecule has 0 saturated carbocycles. The molecule has 0 radical (unpaired) electrons. The van der Waals surface area contributed by atoms with Crippen LogP contribution in [0.5, 0.6) is 0 Å². The van der Waals surface area contributed by atoms with Crippen LogP contribution in [0, 0.1) is 0 Å². The molecule has 6 nitrogen and oxygen atoms in total. The number of halogens is 2. The summed E-state index contributed by atoms with van der Waals surface area (Å²) in [5.41, 5.74) is 0. The lowest BCUT2D eigenvalue weighted by Crippen LogP contribution is -2.43. The van der Waals surface area contributed by atoms with Crippen molar-refractivity contribution < 1.29 is 8.42 Å². The summed E-state index contributed by atoms with van der Waals surface area (Å²) in [5, 5.41) is 3.40. The fourth-order valence-corrected chi connectivity index (χ4v) is 3.19. The minimum Gasteiger partial charge on any atom is -0.323 e. The van der Waals surface area contributed by atoms with Crippen molar-refractivity contribution in [3.05, 3.63) is 11.5 Å². The Morgan fingerprint density at radius 1 is 1.58 bits per heavy atom. The summed E-state index contributed by atoms with van der Waals surface area (Å²) in [7, 11) is -1.92. The molecule has 2 rings (SSSR count). The van der Waals surface area contributed by atoms with Gasteiger partial charge in [-0.25, -0.2) is 18.1 Å². The number of imidazole rings is 1. The Labute approximate surface area is 124 Å². The van der Waals surface area contributed by atoms with Crippen molar-refractivity contribution in [2.75, 3.05) is 13.1 Å². The van der Waals surface area contributed by atoms with Crippen LogP contribution in [0.15, 0.2) is 11.2 Å². The average molecular weight is 329 g/mol. The van der Waals surface area contributed by atoms with Crippen LogP contribution >= 0.6 is 24.0 Å². The Morgan fingerprint density at radius 2 is 2.32 bits per heavy atom. The average Bonchev–Trinajstić information content (AvgIpc) is 2.70. The summed E-state index contributed by atoms with van der Waals surface area (Å²) >= 11 is 5.73. The van der Waals surface area contributed by atoms with Gasteiger partial charge in [0, 0.05) is 25.8 Å². The van der Waals surface area contributed by atoms with Gasteiger partial charge < -0.3 is 9.88 Å². The summed E-state index contributed by atoms with van der Waals surface area (Å²) in [6.07, 6.45) is 4.68. The number of aryl methyl sites for hydroxylation is 1.